The second kappa shape index (κ2) is 10.8. The van der Waals surface area contributed by atoms with Crippen LogP contribution in [0, 0.1) is 18.3 Å². The van der Waals surface area contributed by atoms with Crippen LogP contribution in [0.1, 0.15) is 79.9 Å². The lowest BCUT2D eigenvalue weighted by Gasteiger charge is -2.42. The normalized spacial score (nSPS) is 19.5. The molecule has 6 nitrogen and oxygen atoms in total. The zero-order chi connectivity index (χ0) is 27.7. The number of urea groups is 1. The molecule has 2 aromatic rings. The first-order valence-corrected chi connectivity index (χ1v) is 13.3. The van der Waals surface area contributed by atoms with E-state index < -0.39 is 17.9 Å². The number of aromatic nitrogens is 1. The van der Waals surface area contributed by atoms with Gasteiger partial charge in [0, 0.05) is 25.2 Å². The van der Waals surface area contributed by atoms with Gasteiger partial charge in [0.15, 0.2) is 0 Å². The number of benzene rings is 1. The highest BCUT2D eigenvalue weighted by Crippen LogP contribution is 2.48. The van der Waals surface area contributed by atoms with E-state index in [4.69, 9.17) is 5.11 Å². The molecule has 0 spiro atoms. The van der Waals surface area contributed by atoms with E-state index in [1.54, 1.807) is 6.20 Å². The molecule has 4 rings (SSSR count). The predicted octanol–water partition coefficient (Wildman–Crippen LogP) is 6.92. The van der Waals surface area contributed by atoms with Gasteiger partial charge >= 0.3 is 12.0 Å². The molecule has 1 unspecified atom stereocenters. The Hall–Kier alpha value is -3.29. The number of hydrogen-bond acceptors (Lipinski definition) is 3. The van der Waals surface area contributed by atoms with Crippen molar-refractivity contribution in [3.8, 4) is 0 Å². The molecule has 204 valence electrons. The number of carboxylic acid groups (broad SMARTS) is 1. The number of alkyl halides is 2. The van der Waals surface area contributed by atoms with E-state index >= 15 is 0 Å². The number of carbonyl (C=O) groups excluding carboxylic acids is 1. The molecular weight excluding hydrogens is 488 g/mol. The highest BCUT2D eigenvalue weighted by atomic mass is 19.3. The van der Waals surface area contributed by atoms with Crippen molar-refractivity contribution in [3.63, 3.8) is 0 Å². The van der Waals surface area contributed by atoms with Gasteiger partial charge in [0.05, 0.1) is 11.6 Å². The van der Waals surface area contributed by atoms with Gasteiger partial charge in [-0.25, -0.2) is 23.4 Å². The lowest BCUT2D eigenvalue weighted by atomic mass is 9.73. The fourth-order valence-electron chi connectivity index (χ4n) is 5.16. The van der Waals surface area contributed by atoms with Crippen LogP contribution < -0.4 is 10.2 Å². The monoisotopic (exact) mass is 525 g/mol. The van der Waals surface area contributed by atoms with E-state index in [0.717, 1.165) is 31.3 Å². The van der Waals surface area contributed by atoms with Crippen molar-refractivity contribution in [2.24, 2.45) is 11.3 Å². The first-order chi connectivity index (χ1) is 17.8. The summed E-state index contributed by atoms with van der Waals surface area (Å²) >= 11 is 0. The third kappa shape index (κ3) is 6.77. The number of pyridine rings is 1. The summed E-state index contributed by atoms with van der Waals surface area (Å²) in [6.45, 7) is 8.89. The summed E-state index contributed by atoms with van der Waals surface area (Å²) in [4.78, 5) is 29.5. The Morgan fingerprint density at radius 1 is 1.18 bits per heavy atom. The summed E-state index contributed by atoms with van der Waals surface area (Å²) in [6.07, 6.45) is 6.79. The summed E-state index contributed by atoms with van der Waals surface area (Å²) in [6, 6.07) is 8.69. The van der Waals surface area contributed by atoms with Crippen LogP contribution in [0.4, 0.5) is 19.4 Å². The van der Waals surface area contributed by atoms with Crippen LogP contribution in [0.2, 0.25) is 0 Å². The van der Waals surface area contributed by atoms with Gasteiger partial charge in [0.25, 0.3) is 0 Å². The number of nitrogens with one attached hydrogen (secondary N) is 1. The average molecular weight is 526 g/mol. The molecule has 1 aliphatic heterocycles. The third-order valence-corrected chi connectivity index (χ3v) is 7.51. The maximum absolute atomic E-state index is 13.8. The number of amides is 2. The van der Waals surface area contributed by atoms with Crippen molar-refractivity contribution in [1.82, 2.24) is 10.3 Å². The molecular formula is C30H37F2N3O3. The summed E-state index contributed by atoms with van der Waals surface area (Å²) in [7, 11) is 0. The van der Waals surface area contributed by atoms with Crippen LogP contribution >= 0.6 is 0 Å². The number of halogens is 2. The van der Waals surface area contributed by atoms with E-state index in [9.17, 15) is 18.4 Å². The Morgan fingerprint density at radius 2 is 1.92 bits per heavy atom. The first-order valence-electron chi connectivity index (χ1n) is 13.3. The van der Waals surface area contributed by atoms with Gasteiger partial charge in [-0.1, -0.05) is 39.0 Å². The summed E-state index contributed by atoms with van der Waals surface area (Å²) in [5.41, 5.74) is 4.95. The minimum atomic E-state index is -2.68. The molecule has 38 heavy (non-hydrogen) atoms. The van der Waals surface area contributed by atoms with E-state index in [1.807, 2.05) is 0 Å². The smallest absolute Gasteiger partial charge is 0.337 e. The summed E-state index contributed by atoms with van der Waals surface area (Å²) < 4.78 is 27.5. The summed E-state index contributed by atoms with van der Waals surface area (Å²) in [5, 5.41) is 12.1. The average Bonchev–Trinajstić information content (AvgIpc) is 2.81. The zero-order valence-corrected chi connectivity index (χ0v) is 22.6. The molecule has 0 saturated heterocycles. The second-order valence-electron chi connectivity index (χ2n) is 11.9. The van der Waals surface area contributed by atoms with Gasteiger partial charge in [0.2, 0.25) is 5.92 Å². The molecule has 1 aromatic carbocycles. The molecule has 1 fully saturated rings. The molecule has 2 heterocycles. The maximum atomic E-state index is 13.8. The van der Waals surface area contributed by atoms with Crippen LogP contribution in [-0.2, 0) is 12.8 Å². The zero-order valence-electron chi connectivity index (χ0n) is 22.6. The Bertz CT molecular complexity index is 1210. The Labute approximate surface area is 223 Å². The molecule has 2 N–H and O–H groups in total. The van der Waals surface area contributed by atoms with E-state index in [2.05, 4.69) is 56.2 Å². The number of nitrogens with zero attached hydrogens (tertiary/aromatic N) is 2. The Morgan fingerprint density at radius 3 is 2.50 bits per heavy atom. The molecule has 1 aromatic heterocycles. The van der Waals surface area contributed by atoms with E-state index in [1.165, 1.54) is 39.9 Å². The number of aryl methyl sites for hydroxylation is 3. The van der Waals surface area contributed by atoms with Gasteiger partial charge in [-0.3, -0.25) is 4.90 Å². The maximum Gasteiger partial charge on any atom is 0.337 e. The predicted molar refractivity (Wildman–Crippen MR) is 144 cm³/mol. The second-order valence-corrected chi connectivity index (χ2v) is 11.9. The lowest BCUT2D eigenvalue weighted by Crippen LogP contribution is -2.52. The molecule has 2 amide bonds. The van der Waals surface area contributed by atoms with Crippen LogP contribution in [0.3, 0.4) is 0 Å². The van der Waals surface area contributed by atoms with Crippen LogP contribution in [0.25, 0.3) is 0 Å². The largest absolute Gasteiger partial charge is 0.478 e. The molecule has 1 atom stereocenters. The number of anilines is 1. The topological polar surface area (TPSA) is 82.5 Å². The Kier molecular flexibility index (Phi) is 7.90. The lowest BCUT2D eigenvalue weighted by molar-refractivity contribution is -0.101. The van der Waals surface area contributed by atoms with Crippen molar-refractivity contribution < 1.29 is 23.5 Å². The van der Waals surface area contributed by atoms with Gasteiger partial charge < -0.3 is 10.4 Å². The number of rotatable bonds is 9. The summed E-state index contributed by atoms with van der Waals surface area (Å²) in [5.74, 6) is -3.87. The van der Waals surface area contributed by atoms with E-state index in [-0.39, 0.29) is 36.2 Å². The fourth-order valence-corrected chi connectivity index (χ4v) is 5.16. The molecule has 1 saturated carbocycles. The fraction of sp³-hybridized carbons (Fsp3) is 0.500. The first kappa shape index (κ1) is 27.7. The van der Waals surface area contributed by atoms with Gasteiger partial charge in [0.1, 0.15) is 5.82 Å². The SMILES string of the molecule is Cc1cc(CCCC2NC(=O)N(c3ccc(C(=O)O)cn3)C=C2C2CC(F)(F)C2)ccc1CCC(C)(C)C. The Balaban J connectivity index is 1.44. The quantitative estimate of drug-likeness (QED) is 0.372. The number of hydrogen-bond donors (Lipinski definition) is 2. The van der Waals surface area contributed by atoms with E-state index in [0.29, 0.717) is 11.8 Å². The molecule has 0 radical (unpaired) electrons. The highest BCUT2D eigenvalue weighted by Gasteiger charge is 2.49. The molecule has 1 aliphatic carbocycles. The minimum Gasteiger partial charge on any atom is -0.478 e. The van der Waals surface area contributed by atoms with Crippen molar-refractivity contribution in [1.29, 1.82) is 0 Å². The third-order valence-electron chi connectivity index (χ3n) is 7.51. The molecule has 8 heteroatoms. The molecule has 0 bridgehead atoms. The van der Waals surface area contributed by atoms with Crippen LogP contribution in [-0.4, -0.2) is 34.1 Å². The van der Waals surface area contributed by atoms with Crippen LogP contribution in [0.5, 0.6) is 0 Å². The number of carboxylic acids is 1. The van der Waals surface area contributed by atoms with Gasteiger partial charge in [-0.2, -0.15) is 0 Å². The van der Waals surface area contributed by atoms with Crippen molar-refractivity contribution in [2.75, 3.05) is 4.90 Å². The minimum absolute atomic E-state index is 0.00403. The van der Waals surface area contributed by atoms with Crippen molar-refractivity contribution in [3.05, 3.63) is 70.6 Å². The van der Waals surface area contributed by atoms with Gasteiger partial charge in [-0.15, -0.1) is 0 Å². The molecule has 2 aliphatic rings. The number of aromatic carboxylic acids is 1. The standard InChI is InChI=1S/C30H37F2N3O3/c1-19-14-20(8-9-21(19)12-13-29(2,3)4)6-5-7-25-24(23-15-30(31,32)16-23)18-35(28(38)34-25)26-11-10-22(17-33-26)27(36)37/h8-11,14,17-18,23,25H,5-7,12-13,15-16H2,1-4H3,(H,34,38)(H,36,37). The highest BCUT2D eigenvalue weighted by molar-refractivity contribution is 5.95. The van der Waals surface area contributed by atoms with Crippen LogP contribution in [0.15, 0.2) is 48.3 Å². The van der Waals surface area contributed by atoms with Gasteiger partial charge in [-0.05, 0) is 84.8 Å². The van der Waals surface area contributed by atoms with Crippen molar-refractivity contribution in [2.45, 2.75) is 84.6 Å². The number of carbonyl (C=O) groups is 2. The van der Waals surface area contributed by atoms with Crippen molar-refractivity contribution >= 4 is 17.8 Å².